The maximum absolute atomic E-state index is 2.44. The van der Waals surface area contributed by atoms with E-state index in [2.05, 4.69) is 98.6 Å². The van der Waals surface area contributed by atoms with Crippen LogP contribution >= 0.6 is 7.14 Å². The molecule has 20 heavy (non-hydrogen) atoms. The van der Waals surface area contributed by atoms with E-state index in [4.69, 9.17) is 0 Å². The number of hydrogen-bond donors (Lipinski definition) is 0. The van der Waals surface area contributed by atoms with E-state index in [1.807, 2.05) is 0 Å². The molecular weight excluding hydrogens is 258 g/mol. The summed E-state index contributed by atoms with van der Waals surface area (Å²) in [6, 6.07) is 32.8. The van der Waals surface area contributed by atoms with Gasteiger partial charge in [-0.3, -0.25) is 0 Å². The first kappa shape index (κ1) is 13.2. The minimum Gasteiger partial charge on any atom is 1.00 e. The summed E-state index contributed by atoms with van der Waals surface area (Å²) in [5.41, 5.74) is 0. The topological polar surface area (TPSA) is 0 Å². The van der Waals surface area contributed by atoms with E-state index < -0.39 is 7.14 Å². The van der Waals surface area contributed by atoms with Gasteiger partial charge >= 0.3 is 123 Å². The van der Waals surface area contributed by atoms with E-state index in [1.54, 1.807) is 0 Å². The molecule has 0 spiro atoms. The Morgan fingerprint density at radius 3 is 1.00 bits per heavy atom. The molecule has 98 valence electrons. The predicted molar refractivity (Wildman–Crippen MR) is 96.2 cm³/mol. The molecule has 0 aliphatic rings. The summed E-state index contributed by atoms with van der Waals surface area (Å²) in [6.07, 6.45) is 0. The van der Waals surface area contributed by atoms with Crippen molar-refractivity contribution < 1.29 is 1.43 Å². The van der Waals surface area contributed by atoms with Gasteiger partial charge in [-0.25, -0.2) is 0 Å². The molecule has 0 saturated carbocycles. The molecule has 0 saturated heterocycles. The Kier molecular flexibility index (Phi) is 3.71. The van der Waals surface area contributed by atoms with E-state index >= 15 is 0 Å². The summed E-state index contributed by atoms with van der Waals surface area (Å²) in [4.78, 5) is 0. The van der Waals surface area contributed by atoms with E-state index in [0.29, 0.717) is 0 Å². The van der Waals surface area contributed by atoms with Crippen molar-refractivity contribution >= 4 is 30.6 Å². The summed E-state index contributed by atoms with van der Waals surface area (Å²) in [6.45, 7) is 0. The summed E-state index contributed by atoms with van der Waals surface area (Å²) in [5, 5.41) is 4.37. The fraction of sp³-hybridized carbons (Fsp3) is 0. The normalized spacial score (nSPS) is 12.0. The number of rotatable bonds is 3. The quantitative estimate of drug-likeness (QED) is 0.509. The van der Waals surface area contributed by atoms with Crippen LogP contribution in [0.1, 0.15) is 1.43 Å². The van der Waals surface area contributed by atoms with Gasteiger partial charge in [-0.1, -0.05) is 0 Å². The first-order chi connectivity index (χ1) is 9.82. The van der Waals surface area contributed by atoms with Crippen LogP contribution in [0.25, 0.3) is 0 Å². The monoisotopic (exact) mass is 277 g/mol. The van der Waals surface area contributed by atoms with Gasteiger partial charge < -0.3 is 0 Å². The summed E-state index contributed by atoms with van der Waals surface area (Å²) < 4.78 is 0. The molecule has 0 aliphatic carbocycles. The van der Waals surface area contributed by atoms with E-state index in [0.717, 1.165) is 0 Å². The molecule has 0 heterocycles. The molecule has 2 heteroatoms. The van der Waals surface area contributed by atoms with Crippen LogP contribution in [-0.2, 0) is 0 Å². The molecule has 3 rings (SSSR count). The van der Waals surface area contributed by atoms with Crippen molar-refractivity contribution in [2.24, 2.45) is 0 Å². The first-order valence-electron chi connectivity index (χ1n) is 6.98. The number of benzene rings is 3. The molecule has 0 bridgehead atoms. The smallest absolute Gasteiger partial charge is 1.00 e. The predicted octanol–water partition coefficient (Wildman–Crippen LogP) is 2.37. The van der Waals surface area contributed by atoms with Crippen molar-refractivity contribution in [3.63, 3.8) is 0 Å². The molecule has 0 N–H and O–H groups in total. The Bertz CT molecular complexity index is 575. The fourth-order valence-corrected chi connectivity index (χ4v) is 6.39. The van der Waals surface area contributed by atoms with Crippen molar-refractivity contribution in [1.82, 2.24) is 0 Å². The third-order valence-corrected chi connectivity index (χ3v) is 8.52. The third-order valence-electron chi connectivity index (χ3n) is 4.05. The summed E-state index contributed by atoms with van der Waals surface area (Å²) >= 11 is 0. The van der Waals surface area contributed by atoms with Crippen molar-refractivity contribution in [3.05, 3.63) is 91.0 Å². The second-order valence-electron chi connectivity index (χ2n) is 5.22. The zero-order valence-electron chi connectivity index (χ0n) is 12.7. The van der Waals surface area contributed by atoms with Gasteiger partial charge in [-0.2, -0.15) is 0 Å². The summed E-state index contributed by atoms with van der Waals surface area (Å²) in [7, 11) is 0.560. The Balaban J connectivity index is 0.00000161. The zero-order chi connectivity index (χ0) is 13.8. The van der Waals surface area contributed by atoms with E-state index in [9.17, 15) is 0 Å². The molecule has 0 radical (unpaired) electrons. The van der Waals surface area contributed by atoms with E-state index in [1.165, 1.54) is 15.9 Å². The van der Waals surface area contributed by atoms with Crippen molar-refractivity contribution in [2.75, 3.05) is 0 Å². The summed E-state index contributed by atoms with van der Waals surface area (Å²) in [5.74, 6) is 0. The van der Waals surface area contributed by atoms with Crippen LogP contribution in [0.15, 0.2) is 91.0 Å². The molecule has 0 fully saturated rings. The van der Waals surface area contributed by atoms with Crippen molar-refractivity contribution in [2.45, 2.75) is 0 Å². The average Bonchev–Trinajstić information content (AvgIpc) is 2.56. The standard InChI is InChI=1S/C18H18BP/c19-20(16-10-4-1-5-11-16,17-12-6-2-7-13-17)18-14-8-3-9-15-18/h1-15,20H,19H2/p+1. The van der Waals surface area contributed by atoms with Gasteiger partial charge in [0, 0.05) is 0 Å². The van der Waals surface area contributed by atoms with Crippen LogP contribution in [-0.4, -0.2) is 7.57 Å². The largest absolute Gasteiger partial charge is 1.00 e. The van der Waals surface area contributed by atoms with Gasteiger partial charge in [0.2, 0.25) is 0 Å². The molecule has 3 aromatic carbocycles. The molecule has 0 atom stereocenters. The minimum atomic E-state index is -1.88. The van der Waals surface area contributed by atoms with Gasteiger partial charge in [-0.05, 0) is 0 Å². The van der Waals surface area contributed by atoms with Crippen LogP contribution in [0.2, 0.25) is 0 Å². The Hall–Kier alpha value is -1.85. The maximum atomic E-state index is 2.44. The molecule has 0 unspecified atom stereocenters. The van der Waals surface area contributed by atoms with Crippen LogP contribution < -0.4 is 15.9 Å². The molecule has 0 nitrogen and oxygen atoms in total. The Morgan fingerprint density at radius 2 is 0.750 bits per heavy atom. The first-order valence-corrected chi connectivity index (χ1v) is 9.48. The van der Waals surface area contributed by atoms with E-state index in [-0.39, 0.29) is 1.43 Å². The van der Waals surface area contributed by atoms with Crippen LogP contribution in [0.3, 0.4) is 0 Å². The molecule has 0 aromatic heterocycles. The van der Waals surface area contributed by atoms with Gasteiger partial charge in [0.05, 0.1) is 0 Å². The second kappa shape index (κ2) is 5.65. The van der Waals surface area contributed by atoms with Crippen LogP contribution in [0.4, 0.5) is 0 Å². The molecule has 0 amide bonds. The van der Waals surface area contributed by atoms with Crippen molar-refractivity contribution in [3.8, 4) is 0 Å². The Morgan fingerprint density at radius 1 is 0.500 bits per heavy atom. The fourth-order valence-electron chi connectivity index (χ4n) is 2.81. The maximum Gasteiger partial charge on any atom is 1.00 e. The van der Waals surface area contributed by atoms with Crippen LogP contribution in [0.5, 0.6) is 0 Å². The van der Waals surface area contributed by atoms with Gasteiger partial charge in [0.15, 0.2) is 0 Å². The molecule has 0 aliphatic heterocycles. The van der Waals surface area contributed by atoms with Gasteiger partial charge in [0.25, 0.3) is 0 Å². The molecular formula is C18H19BP+. The molecule has 3 aromatic rings. The van der Waals surface area contributed by atoms with Crippen LogP contribution in [0, 0.1) is 0 Å². The SMILES string of the molecule is B[PH](c1ccccc1)(c1ccccc1)c1ccccc1.[H+]. The van der Waals surface area contributed by atoms with Gasteiger partial charge in [-0.15, -0.1) is 0 Å². The third kappa shape index (κ3) is 2.30. The zero-order valence-corrected chi connectivity index (χ0v) is 12.7. The second-order valence-corrected chi connectivity index (χ2v) is 9.21. The minimum absolute atomic E-state index is 0. The number of hydrogen-bond acceptors (Lipinski definition) is 0. The van der Waals surface area contributed by atoms with Crippen molar-refractivity contribution in [1.29, 1.82) is 0 Å². The van der Waals surface area contributed by atoms with Gasteiger partial charge in [0.1, 0.15) is 0 Å². The Labute approximate surface area is 123 Å². The average molecular weight is 277 g/mol.